The zero-order valence-electron chi connectivity index (χ0n) is 16.4. The molecule has 0 saturated carbocycles. The summed E-state index contributed by atoms with van der Waals surface area (Å²) in [6.45, 7) is 7.56. The van der Waals surface area contributed by atoms with Crippen molar-refractivity contribution in [1.82, 2.24) is 10.6 Å². The zero-order chi connectivity index (χ0) is 20.8. The summed E-state index contributed by atoms with van der Waals surface area (Å²) in [7, 11) is 0. The maximum Gasteiger partial charge on any atom is 0.407 e. The van der Waals surface area contributed by atoms with Crippen molar-refractivity contribution >= 4 is 17.7 Å². The van der Waals surface area contributed by atoms with Crippen LogP contribution in [0.4, 0.5) is 10.5 Å². The normalized spacial score (nSPS) is 10.7. The van der Waals surface area contributed by atoms with Crippen LogP contribution in [0.25, 0.3) is 10.4 Å². The molecule has 1 aromatic carbocycles. The number of hydrogen-bond donors (Lipinski definition) is 2. The highest BCUT2D eigenvalue weighted by Crippen LogP contribution is 2.12. The Bertz CT molecular complexity index is 666. The number of azide groups is 1. The minimum absolute atomic E-state index is 0.236. The fourth-order valence-electron chi connectivity index (χ4n) is 1.93. The lowest BCUT2D eigenvalue weighted by molar-refractivity contribution is 0.0400. The van der Waals surface area contributed by atoms with Crippen molar-refractivity contribution in [3.05, 3.63) is 40.3 Å². The van der Waals surface area contributed by atoms with E-state index in [2.05, 4.69) is 20.7 Å². The summed E-state index contributed by atoms with van der Waals surface area (Å²) in [5.41, 5.74) is 8.73. The molecule has 10 heteroatoms. The molecule has 0 bridgehead atoms. The minimum atomic E-state index is -0.524. The first-order chi connectivity index (χ1) is 13.3. The fourth-order valence-corrected chi connectivity index (χ4v) is 1.93. The summed E-state index contributed by atoms with van der Waals surface area (Å²) in [5.74, 6) is -0.236. The van der Waals surface area contributed by atoms with Gasteiger partial charge in [0.25, 0.3) is 5.91 Å². The van der Waals surface area contributed by atoms with E-state index in [1.54, 1.807) is 45.0 Å². The predicted octanol–water partition coefficient (Wildman–Crippen LogP) is 2.92. The molecular weight excluding hydrogens is 366 g/mol. The highest BCUT2D eigenvalue weighted by molar-refractivity contribution is 5.94. The summed E-state index contributed by atoms with van der Waals surface area (Å²) in [6.07, 6.45) is -0.476. The number of amides is 2. The molecule has 0 aliphatic heterocycles. The number of nitrogens with one attached hydrogen (secondary N) is 2. The Balaban J connectivity index is 2.01. The highest BCUT2D eigenvalue weighted by Gasteiger charge is 2.15. The second kappa shape index (κ2) is 12.6. The zero-order valence-corrected chi connectivity index (χ0v) is 16.4. The van der Waals surface area contributed by atoms with Gasteiger partial charge >= 0.3 is 6.09 Å². The predicted molar refractivity (Wildman–Crippen MR) is 103 cm³/mol. The van der Waals surface area contributed by atoms with Gasteiger partial charge in [-0.15, -0.1) is 0 Å². The van der Waals surface area contributed by atoms with Crippen LogP contribution in [0, 0.1) is 0 Å². The van der Waals surface area contributed by atoms with E-state index in [1.807, 2.05) is 0 Å². The monoisotopic (exact) mass is 393 g/mol. The first kappa shape index (κ1) is 23.2. The van der Waals surface area contributed by atoms with Gasteiger partial charge < -0.3 is 24.8 Å². The molecule has 0 spiro atoms. The van der Waals surface area contributed by atoms with Gasteiger partial charge in [-0.3, -0.25) is 4.79 Å². The summed E-state index contributed by atoms with van der Waals surface area (Å²) in [5, 5.41) is 8.76. The Hall–Kier alpha value is -2.81. The number of alkyl carbamates (subject to hydrolysis) is 1. The van der Waals surface area contributed by atoms with Gasteiger partial charge in [0.05, 0.1) is 26.4 Å². The largest absolute Gasteiger partial charge is 0.444 e. The molecule has 0 aliphatic carbocycles. The lowest BCUT2D eigenvalue weighted by atomic mass is 10.2. The molecule has 0 saturated heterocycles. The molecule has 0 radical (unpaired) electrons. The second-order valence-electron chi connectivity index (χ2n) is 6.65. The van der Waals surface area contributed by atoms with Gasteiger partial charge in [-0.1, -0.05) is 17.2 Å². The van der Waals surface area contributed by atoms with E-state index in [0.717, 1.165) is 0 Å². The third kappa shape index (κ3) is 11.0. The Morgan fingerprint density at radius 1 is 1.00 bits per heavy atom. The maximum atomic E-state index is 11.9. The third-order valence-corrected chi connectivity index (χ3v) is 3.11. The SMILES string of the molecule is CC(C)(C)OC(=O)NCCOCCOCCNC(=O)c1ccc(N=[N+]=[N-])cc1. The maximum absolute atomic E-state index is 11.9. The van der Waals surface area contributed by atoms with Gasteiger partial charge in [-0.05, 0) is 38.4 Å². The van der Waals surface area contributed by atoms with Crippen LogP contribution >= 0.6 is 0 Å². The molecule has 1 rings (SSSR count). The number of nitrogens with zero attached hydrogens (tertiary/aromatic N) is 3. The van der Waals surface area contributed by atoms with Crippen molar-refractivity contribution in [1.29, 1.82) is 0 Å². The summed E-state index contributed by atoms with van der Waals surface area (Å²) >= 11 is 0. The number of benzene rings is 1. The first-order valence-electron chi connectivity index (χ1n) is 8.87. The van der Waals surface area contributed by atoms with Crippen LogP contribution in [0.15, 0.2) is 29.4 Å². The molecule has 2 N–H and O–H groups in total. The number of hydrogen-bond acceptors (Lipinski definition) is 6. The standard InChI is InChI=1S/C18H27N5O5/c1-18(2,3)28-17(25)21-9-11-27-13-12-26-10-8-20-16(24)14-4-6-15(7-5-14)22-23-19/h4-7H,8-13H2,1-3H3,(H,20,24)(H,21,25). The quantitative estimate of drug-likeness (QED) is 0.258. The van der Waals surface area contributed by atoms with Gasteiger partial charge in [0.2, 0.25) is 0 Å². The van der Waals surface area contributed by atoms with Crippen LogP contribution in [0.3, 0.4) is 0 Å². The number of ether oxygens (including phenoxy) is 3. The molecule has 0 atom stereocenters. The minimum Gasteiger partial charge on any atom is -0.444 e. The Labute approximate surface area is 164 Å². The van der Waals surface area contributed by atoms with Crippen LogP contribution in [0.5, 0.6) is 0 Å². The van der Waals surface area contributed by atoms with Crippen molar-refractivity contribution in [3.8, 4) is 0 Å². The summed E-state index contributed by atoms with van der Waals surface area (Å²) in [4.78, 5) is 26.0. The van der Waals surface area contributed by atoms with E-state index < -0.39 is 11.7 Å². The molecule has 0 heterocycles. The van der Waals surface area contributed by atoms with Crippen molar-refractivity contribution in [2.75, 3.05) is 39.5 Å². The molecule has 0 unspecified atom stereocenters. The fraction of sp³-hybridized carbons (Fsp3) is 0.556. The van der Waals surface area contributed by atoms with Crippen LogP contribution in [-0.4, -0.2) is 57.1 Å². The molecule has 2 amide bonds. The van der Waals surface area contributed by atoms with Crippen molar-refractivity contribution in [2.24, 2.45) is 5.11 Å². The third-order valence-electron chi connectivity index (χ3n) is 3.11. The average molecular weight is 393 g/mol. The molecule has 10 nitrogen and oxygen atoms in total. The molecule has 0 fully saturated rings. The van der Waals surface area contributed by atoms with E-state index in [1.165, 1.54) is 0 Å². The van der Waals surface area contributed by atoms with Gasteiger partial charge in [-0.2, -0.15) is 0 Å². The summed E-state index contributed by atoms with van der Waals surface area (Å²) < 4.78 is 15.8. The van der Waals surface area contributed by atoms with Crippen LogP contribution in [0.1, 0.15) is 31.1 Å². The number of carbonyl (C=O) groups is 2. The van der Waals surface area contributed by atoms with Crippen LogP contribution in [-0.2, 0) is 14.2 Å². The first-order valence-corrected chi connectivity index (χ1v) is 8.87. The van der Waals surface area contributed by atoms with E-state index >= 15 is 0 Å². The lowest BCUT2D eigenvalue weighted by Crippen LogP contribution is -2.34. The molecule has 28 heavy (non-hydrogen) atoms. The molecule has 0 aliphatic rings. The Morgan fingerprint density at radius 3 is 2.11 bits per heavy atom. The molecule has 1 aromatic rings. The van der Waals surface area contributed by atoms with E-state index in [0.29, 0.717) is 50.8 Å². The van der Waals surface area contributed by atoms with E-state index in [-0.39, 0.29) is 5.91 Å². The average Bonchev–Trinajstić information content (AvgIpc) is 2.62. The smallest absolute Gasteiger partial charge is 0.407 e. The summed E-state index contributed by atoms with van der Waals surface area (Å²) in [6, 6.07) is 6.30. The van der Waals surface area contributed by atoms with E-state index in [4.69, 9.17) is 19.7 Å². The van der Waals surface area contributed by atoms with E-state index in [9.17, 15) is 9.59 Å². The van der Waals surface area contributed by atoms with Crippen molar-refractivity contribution in [2.45, 2.75) is 26.4 Å². The van der Waals surface area contributed by atoms with Gasteiger partial charge in [0.15, 0.2) is 0 Å². The molecular formula is C18H27N5O5. The lowest BCUT2D eigenvalue weighted by Gasteiger charge is -2.19. The van der Waals surface area contributed by atoms with Crippen LogP contribution in [0.2, 0.25) is 0 Å². The Kier molecular flexibility index (Phi) is 10.4. The second-order valence-corrected chi connectivity index (χ2v) is 6.65. The van der Waals surface area contributed by atoms with Crippen LogP contribution < -0.4 is 10.6 Å². The van der Waals surface area contributed by atoms with Gasteiger partial charge in [0, 0.05) is 29.3 Å². The Morgan fingerprint density at radius 2 is 1.57 bits per heavy atom. The van der Waals surface area contributed by atoms with Gasteiger partial charge in [-0.25, -0.2) is 4.79 Å². The highest BCUT2D eigenvalue weighted by atomic mass is 16.6. The number of carbonyl (C=O) groups excluding carboxylic acids is 2. The van der Waals surface area contributed by atoms with Crippen molar-refractivity contribution < 1.29 is 23.8 Å². The van der Waals surface area contributed by atoms with Gasteiger partial charge in [0.1, 0.15) is 5.60 Å². The molecule has 154 valence electrons. The van der Waals surface area contributed by atoms with Crippen molar-refractivity contribution in [3.63, 3.8) is 0 Å². The number of rotatable bonds is 11. The molecule has 0 aromatic heterocycles. The topological polar surface area (TPSA) is 135 Å².